The zero-order valence-electron chi connectivity index (χ0n) is 19.4. The quantitative estimate of drug-likeness (QED) is 0.455. The predicted molar refractivity (Wildman–Crippen MR) is 131 cm³/mol. The topological polar surface area (TPSA) is 69.6 Å². The Morgan fingerprint density at radius 1 is 0.912 bits per heavy atom. The molecule has 0 spiro atoms. The molecule has 1 atom stereocenters. The van der Waals surface area contributed by atoms with Gasteiger partial charge in [0.15, 0.2) is 11.5 Å². The smallest absolute Gasteiger partial charge is 0.276 e. The van der Waals surface area contributed by atoms with E-state index in [4.69, 9.17) is 35.6 Å². The molecule has 0 saturated heterocycles. The highest BCUT2D eigenvalue weighted by molar-refractivity contribution is 6.33. The summed E-state index contributed by atoms with van der Waals surface area (Å²) in [7, 11) is 6.33. The van der Waals surface area contributed by atoms with E-state index in [9.17, 15) is 4.79 Å². The molecule has 1 aliphatic rings. The van der Waals surface area contributed by atoms with Crippen LogP contribution < -0.4 is 18.9 Å². The molecular weight excluding hydrogens is 456 g/mol. The number of hydrogen-bond donors (Lipinski definition) is 0. The van der Waals surface area contributed by atoms with Crippen molar-refractivity contribution in [2.75, 3.05) is 28.4 Å². The lowest BCUT2D eigenvalue weighted by Gasteiger charge is -2.24. The van der Waals surface area contributed by atoms with Crippen molar-refractivity contribution in [1.29, 1.82) is 0 Å². The van der Waals surface area contributed by atoms with Crippen molar-refractivity contribution in [3.8, 4) is 23.0 Å². The largest absolute Gasteiger partial charge is 0.497 e. The predicted octanol–water partition coefficient (Wildman–Crippen LogP) is 5.37. The number of hydrazone groups is 1. The fourth-order valence-electron chi connectivity index (χ4n) is 4.02. The number of carbonyl (C=O) groups is 1. The summed E-state index contributed by atoms with van der Waals surface area (Å²) in [5.74, 6) is 2.06. The maximum Gasteiger partial charge on any atom is 0.276 e. The van der Waals surface area contributed by atoms with Crippen LogP contribution >= 0.6 is 11.6 Å². The van der Waals surface area contributed by atoms with Crippen LogP contribution in [0.3, 0.4) is 0 Å². The number of rotatable bonds is 7. The van der Waals surface area contributed by atoms with E-state index in [-0.39, 0.29) is 5.91 Å². The highest BCUT2D eigenvalue weighted by Crippen LogP contribution is 2.43. The number of hydrogen-bond acceptors (Lipinski definition) is 6. The first-order chi connectivity index (χ1) is 16.5. The summed E-state index contributed by atoms with van der Waals surface area (Å²) in [5, 5.41) is 6.56. The van der Waals surface area contributed by atoms with E-state index in [2.05, 4.69) is 0 Å². The van der Waals surface area contributed by atoms with Gasteiger partial charge in [-0.25, -0.2) is 5.01 Å². The number of carbonyl (C=O) groups excluding carboxylic acids is 1. The monoisotopic (exact) mass is 480 g/mol. The lowest BCUT2D eigenvalue weighted by atomic mass is 9.96. The third-order valence-corrected chi connectivity index (χ3v) is 6.03. The minimum Gasteiger partial charge on any atom is -0.497 e. The van der Waals surface area contributed by atoms with Crippen LogP contribution in [-0.2, 0) is 0 Å². The second kappa shape index (κ2) is 10.1. The van der Waals surface area contributed by atoms with Gasteiger partial charge in [-0.1, -0.05) is 35.9 Å². The fraction of sp³-hybridized carbons (Fsp3) is 0.231. The van der Waals surface area contributed by atoms with Gasteiger partial charge in [0, 0.05) is 23.6 Å². The molecule has 3 aromatic rings. The van der Waals surface area contributed by atoms with E-state index >= 15 is 0 Å². The third-order valence-electron chi connectivity index (χ3n) is 5.70. The van der Waals surface area contributed by atoms with Crippen LogP contribution in [-0.4, -0.2) is 45.1 Å². The number of para-hydroxylation sites is 1. The summed E-state index contributed by atoms with van der Waals surface area (Å²) in [6.45, 7) is 0. The standard InChI is InChI=1S/C26H25ClN2O5/c1-31-17-12-16(13-18(14-17)32-2)22-15-23(20-9-7-11-24(33-3)25(20)34-4)29(28-22)26(30)19-8-5-6-10-21(19)27/h5-14,23H,15H2,1-4H3/t23-/m1/s1. The highest BCUT2D eigenvalue weighted by Gasteiger charge is 2.37. The van der Waals surface area contributed by atoms with Gasteiger partial charge in [-0.15, -0.1) is 0 Å². The Kier molecular flexibility index (Phi) is 6.93. The number of benzene rings is 3. The van der Waals surface area contributed by atoms with Gasteiger partial charge in [0.25, 0.3) is 5.91 Å². The van der Waals surface area contributed by atoms with E-state index < -0.39 is 6.04 Å². The van der Waals surface area contributed by atoms with Crippen molar-refractivity contribution in [2.45, 2.75) is 12.5 Å². The average Bonchev–Trinajstić information content (AvgIpc) is 3.33. The molecule has 176 valence electrons. The fourth-order valence-corrected chi connectivity index (χ4v) is 4.24. The Hall–Kier alpha value is -3.71. The molecule has 1 heterocycles. The van der Waals surface area contributed by atoms with Gasteiger partial charge in [-0.05, 0) is 30.3 Å². The first-order valence-corrected chi connectivity index (χ1v) is 11.0. The molecule has 0 unspecified atom stereocenters. The number of nitrogens with zero attached hydrogens (tertiary/aromatic N) is 2. The summed E-state index contributed by atoms with van der Waals surface area (Å²) < 4.78 is 22.0. The molecule has 0 N–H and O–H groups in total. The average molecular weight is 481 g/mol. The molecule has 4 rings (SSSR count). The first-order valence-electron chi connectivity index (χ1n) is 10.6. The summed E-state index contributed by atoms with van der Waals surface area (Å²) >= 11 is 6.36. The van der Waals surface area contributed by atoms with Crippen molar-refractivity contribution in [1.82, 2.24) is 5.01 Å². The Balaban J connectivity index is 1.84. The third kappa shape index (κ3) is 4.39. The van der Waals surface area contributed by atoms with Crippen LogP contribution in [0.2, 0.25) is 5.02 Å². The molecule has 0 radical (unpaired) electrons. The van der Waals surface area contributed by atoms with Gasteiger partial charge in [-0.3, -0.25) is 4.79 Å². The van der Waals surface area contributed by atoms with E-state index in [0.29, 0.717) is 45.7 Å². The van der Waals surface area contributed by atoms with Crippen LogP contribution in [0.4, 0.5) is 0 Å². The summed E-state index contributed by atoms with van der Waals surface area (Å²) in [4.78, 5) is 13.6. The van der Waals surface area contributed by atoms with Gasteiger partial charge in [0.1, 0.15) is 11.5 Å². The van der Waals surface area contributed by atoms with E-state index in [1.54, 1.807) is 58.8 Å². The summed E-state index contributed by atoms with van der Waals surface area (Å²) in [6, 6.07) is 17.6. The van der Waals surface area contributed by atoms with Gasteiger partial charge in [-0.2, -0.15) is 5.10 Å². The van der Waals surface area contributed by atoms with Crippen molar-refractivity contribution in [3.05, 3.63) is 82.4 Å². The number of halogens is 1. The molecule has 0 bridgehead atoms. The Morgan fingerprint density at radius 2 is 1.62 bits per heavy atom. The van der Waals surface area contributed by atoms with Crippen LogP contribution in [0.25, 0.3) is 0 Å². The second-order valence-electron chi connectivity index (χ2n) is 7.58. The zero-order valence-corrected chi connectivity index (χ0v) is 20.1. The molecular formula is C26H25ClN2O5. The Bertz CT molecular complexity index is 1220. The molecule has 0 aromatic heterocycles. The molecule has 0 aliphatic carbocycles. The number of methoxy groups -OCH3 is 4. The maximum absolute atomic E-state index is 13.6. The maximum atomic E-state index is 13.6. The van der Waals surface area contributed by atoms with Crippen LogP contribution in [0.1, 0.15) is 33.9 Å². The van der Waals surface area contributed by atoms with Crippen molar-refractivity contribution >= 4 is 23.2 Å². The SMILES string of the molecule is COc1cc(OC)cc(C2=NN(C(=O)c3ccccc3Cl)[C@@H](c3cccc(OC)c3OC)C2)c1. The van der Waals surface area contributed by atoms with E-state index in [0.717, 1.165) is 11.1 Å². The van der Waals surface area contributed by atoms with Crippen molar-refractivity contribution in [3.63, 3.8) is 0 Å². The summed E-state index contributed by atoms with van der Waals surface area (Å²) in [6.07, 6.45) is 0.441. The molecule has 8 heteroatoms. The van der Waals surface area contributed by atoms with Crippen LogP contribution in [0.15, 0.2) is 65.8 Å². The lowest BCUT2D eigenvalue weighted by molar-refractivity contribution is 0.0709. The Morgan fingerprint density at radius 3 is 2.24 bits per heavy atom. The Labute approximate surface area is 203 Å². The van der Waals surface area contributed by atoms with Gasteiger partial charge in [0.05, 0.1) is 50.8 Å². The lowest BCUT2D eigenvalue weighted by Crippen LogP contribution is -2.27. The van der Waals surface area contributed by atoms with Gasteiger partial charge >= 0.3 is 0 Å². The molecule has 0 saturated carbocycles. The molecule has 1 aliphatic heterocycles. The molecule has 3 aromatic carbocycles. The second-order valence-corrected chi connectivity index (χ2v) is 7.99. The van der Waals surface area contributed by atoms with Crippen molar-refractivity contribution < 1.29 is 23.7 Å². The highest BCUT2D eigenvalue weighted by atomic mass is 35.5. The van der Waals surface area contributed by atoms with Crippen LogP contribution in [0.5, 0.6) is 23.0 Å². The molecule has 1 amide bonds. The first kappa shape index (κ1) is 23.4. The van der Waals surface area contributed by atoms with Crippen LogP contribution in [0, 0.1) is 0 Å². The van der Waals surface area contributed by atoms with Gasteiger partial charge < -0.3 is 18.9 Å². The number of ether oxygens (including phenoxy) is 4. The molecule has 34 heavy (non-hydrogen) atoms. The van der Waals surface area contributed by atoms with E-state index in [1.807, 2.05) is 30.3 Å². The van der Waals surface area contributed by atoms with E-state index in [1.165, 1.54) is 5.01 Å². The molecule has 7 nitrogen and oxygen atoms in total. The zero-order chi connectivity index (χ0) is 24.2. The minimum atomic E-state index is -0.444. The van der Waals surface area contributed by atoms with Gasteiger partial charge in [0.2, 0.25) is 0 Å². The van der Waals surface area contributed by atoms with Crippen molar-refractivity contribution in [2.24, 2.45) is 5.10 Å². The summed E-state index contributed by atoms with van der Waals surface area (Å²) in [5.41, 5.74) is 2.63. The minimum absolute atomic E-state index is 0.315. The number of amides is 1. The molecule has 0 fully saturated rings. The normalized spacial score (nSPS) is 15.0.